The molecule has 4 aromatic rings. The highest BCUT2D eigenvalue weighted by Crippen LogP contribution is 2.45. The van der Waals surface area contributed by atoms with Crippen LogP contribution in [0.4, 0.5) is 19.1 Å². The fraction of sp³-hybridized carbons (Fsp3) is 0.429. The van der Waals surface area contributed by atoms with Crippen molar-refractivity contribution >= 4 is 5.95 Å². The Kier molecular flexibility index (Phi) is 7.06. The van der Waals surface area contributed by atoms with Gasteiger partial charge in [-0.15, -0.1) is 0 Å². The second-order valence-corrected chi connectivity index (χ2v) is 10.5. The van der Waals surface area contributed by atoms with Crippen LogP contribution in [-0.2, 0) is 19.1 Å². The van der Waals surface area contributed by atoms with E-state index in [9.17, 15) is 13.2 Å². The highest BCUT2D eigenvalue weighted by atomic mass is 19.4. The fourth-order valence-corrected chi connectivity index (χ4v) is 5.34. The molecule has 1 aliphatic carbocycles. The molecule has 1 saturated carbocycles. The molecule has 2 N–H and O–H groups in total. The molecular weight excluding hydrogens is 535 g/mol. The summed E-state index contributed by atoms with van der Waals surface area (Å²) in [5, 5.41) is 0. The summed E-state index contributed by atoms with van der Waals surface area (Å²) in [7, 11) is 1.56. The number of alkyl halides is 3. The zero-order valence-electron chi connectivity index (χ0n) is 22.8. The van der Waals surface area contributed by atoms with Gasteiger partial charge in [0.15, 0.2) is 11.5 Å². The number of aryl methyl sites for hydroxylation is 1. The minimum Gasteiger partial charge on any atom is -0.480 e. The minimum atomic E-state index is -4.50. The molecule has 6 rings (SSSR count). The predicted molar refractivity (Wildman–Crippen MR) is 145 cm³/mol. The van der Waals surface area contributed by atoms with Crippen molar-refractivity contribution in [3.8, 4) is 28.7 Å². The van der Waals surface area contributed by atoms with Crippen LogP contribution < -0.4 is 15.4 Å². The number of hydrogen-bond donors (Lipinski definition) is 1. The number of halogens is 3. The van der Waals surface area contributed by atoms with E-state index in [0.29, 0.717) is 66.6 Å². The summed E-state index contributed by atoms with van der Waals surface area (Å²) >= 11 is 0. The number of methoxy groups -OCH3 is 1. The van der Waals surface area contributed by atoms with Crippen molar-refractivity contribution in [3.63, 3.8) is 0 Å². The van der Waals surface area contributed by atoms with Crippen LogP contribution in [-0.4, -0.2) is 54.7 Å². The molecule has 1 unspecified atom stereocenters. The summed E-state index contributed by atoms with van der Waals surface area (Å²) in [6.07, 6.45) is 3.07. The van der Waals surface area contributed by atoms with E-state index in [4.69, 9.17) is 15.5 Å². The van der Waals surface area contributed by atoms with E-state index in [1.807, 2.05) is 30.0 Å². The second-order valence-electron chi connectivity index (χ2n) is 10.5. The minimum absolute atomic E-state index is 0.110. The predicted octanol–water partition coefficient (Wildman–Crippen LogP) is 4.57. The normalized spacial score (nSPS) is 16.6. The molecule has 0 radical (unpaired) electrons. The Labute approximate surface area is 234 Å². The Balaban J connectivity index is 1.32. The number of imidazole rings is 1. The number of ether oxygens (including phenoxy) is 1. The van der Waals surface area contributed by atoms with Crippen molar-refractivity contribution < 1.29 is 17.9 Å². The third-order valence-electron chi connectivity index (χ3n) is 7.58. The lowest BCUT2D eigenvalue weighted by molar-refractivity contribution is -0.140. The summed E-state index contributed by atoms with van der Waals surface area (Å²) < 4.78 is 47.5. The number of fused-ring (bicyclic) bond motifs is 3. The molecule has 41 heavy (non-hydrogen) atoms. The van der Waals surface area contributed by atoms with E-state index in [1.54, 1.807) is 11.7 Å². The lowest BCUT2D eigenvalue weighted by Gasteiger charge is -2.23. The Bertz CT molecular complexity index is 1570. The number of benzene rings is 1. The Morgan fingerprint density at radius 1 is 1.07 bits per heavy atom. The first-order chi connectivity index (χ1) is 19.8. The van der Waals surface area contributed by atoms with Gasteiger partial charge in [0.05, 0.1) is 12.8 Å². The van der Waals surface area contributed by atoms with Gasteiger partial charge in [0.2, 0.25) is 11.8 Å². The van der Waals surface area contributed by atoms with Crippen molar-refractivity contribution in [2.24, 2.45) is 5.73 Å². The molecule has 10 nitrogen and oxygen atoms in total. The highest BCUT2D eigenvalue weighted by molar-refractivity contribution is 5.67. The molecule has 1 atom stereocenters. The molecule has 4 heterocycles. The first-order valence-corrected chi connectivity index (χ1v) is 13.6. The first kappa shape index (κ1) is 27.1. The van der Waals surface area contributed by atoms with Gasteiger partial charge in [-0.05, 0) is 43.7 Å². The lowest BCUT2D eigenvalue weighted by atomic mass is 9.99. The third kappa shape index (κ3) is 5.33. The van der Waals surface area contributed by atoms with Crippen LogP contribution in [0.5, 0.6) is 5.88 Å². The van der Waals surface area contributed by atoms with Crippen molar-refractivity contribution in [3.05, 3.63) is 59.6 Å². The highest BCUT2D eigenvalue weighted by Gasteiger charge is 2.36. The first-order valence-electron chi connectivity index (χ1n) is 13.6. The van der Waals surface area contributed by atoms with E-state index < -0.39 is 11.9 Å². The topological polar surface area (TPSA) is 121 Å². The second kappa shape index (κ2) is 10.7. The molecule has 0 saturated heterocycles. The molecule has 3 aromatic heterocycles. The SMILES string of the molecule is COc1ncnc(C2CC2)c1-c1ncnc(N(CCN)Cc2ccc3c(c2)CCC(C)n2cc(C(F)(F)F)nc2-3)n1. The molecule has 0 amide bonds. The average Bonchev–Trinajstić information content (AvgIpc) is 3.73. The van der Waals surface area contributed by atoms with E-state index in [0.717, 1.165) is 42.3 Å². The van der Waals surface area contributed by atoms with Gasteiger partial charge >= 0.3 is 6.18 Å². The van der Waals surface area contributed by atoms with Gasteiger partial charge in [-0.3, -0.25) is 0 Å². The van der Waals surface area contributed by atoms with Crippen LogP contribution in [0.3, 0.4) is 0 Å². The smallest absolute Gasteiger partial charge is 0.434 e. The summed E-state index contributed by atoms with van der Waals surface area (Å²) in [5.41, 5.74) is 9.26. The zero-order chi connectivity index (χ0) is 28.7. The summed E-state index contributed by atoms with van der Waals surface area (Å²) in [5.74, 6) is 1.96. The Hall–Kier alpha value is -4.13. The summed E-state index contributed by atoms with van der Waals surface area (Å²) in [6, 6.07) is 5.69. The number of nitrogens with two attached hydrogens (primary N) is 1. The van der Waals surface area contributed by atoms with Crippen LogP contribution in [0.25, 0.3) is 22.8 Å². The van der Waals surface area contributed by atoms with Crippen LogP contribution in [0.2, 0.25) is 0 Å². The summed E-state index contributed by atoms with van der Waals surface area (Å²) in [6.45, 7) is 3.21. The standard InChI is InChI=1S/C28H30F3N9O/c1-16-3-5-19-11-17(4-8-20(19)25-37-21(13-40(16)25)28(29,30)31)12-39(10-9-32)27-36-15-34-24(38-27)22-23(18-6-7-18)33-14-35-26(22)41-2/h4,8,11,13-16,18H,3,5-7,9-10,12,32H2,1-2H3. The van der Waals surface area contributed by atoms with Crippen LogP contribution >= 0.6 is 0 Å². The number of anilines is 1. The van der Waals surface area contributed by atoms with E-state index in [1.165, 1.54) is 12.7 Å². The largest absolute Gasteiger partial charge is 0.480 e. The molecule has 13 heteroatoms. The van der Waals surface area contributed by atoms with Gasteiger partial charge < -0.3 is 19.9 Å². The van der Waals surface area contributed by atoms with E-state index in [2.05, 4.69) is 24.9 Å². The van der Waals surface area contributed by atoms with Crippen LogP contribution in [0.1, 0.15) is 60.7 Å². The maximum atomic E-state index is 13.4. The van der Waals surface area contributed by atoms with Crippen LogP contribution in [0.15, 0.2) is 37.1 Å². The third-order valence-corrected chi connectivity index (χ3v) is 7.58. The van der Waals surface area contributed by atoms with Gasteiger partial charge in [0.25, 0.3) is 0 Å². The molecule has 214 valence electrons. The lowest BCUT2D eigenvalue weighted by Crippen LogP contribution is -2.30. The summed E-state index contributed by atoms with van der Waals surface area (Å²) in [4.78, 5) is 28.3. The zero-order valence-corrected chi connectivity index (χ0v) is 22.8. The monoisotopic (exact) mass is 565 g/mol. The molecule has 1 aliphatic heterocycles. The van der Waals surface area contributed by atoms with Gasteiger partial charge in [-0.25, -0.2) is 24.9 Å². The number of rotatable bonds is 8. The molecular formula is C28H30F3N9O. The Morgan fingerprint density at radius 3 is 2.61 bits per heavy atom. The molecule has 1 aromatic carbocycles. The van der Waals surface area contributed by atoms with Gasteiger partial charge in [-0.1, -0.05) is 18.2 Å². The van der Waals surface area contributed by atoms with Crippen molar-refractivity contribution in [2.75, 3.05) is 25.1 Å². The van der Waals surface area contributed by atoms with Gasteiger partial charge in [0.1, 0.15) is 24.0 Å². The number of aromatic nitrogens is 7. The van der Waals surface area contributed by atoms with Crippen molar-refractivity contribution in [1.82, 2.24) is 34.5 Å². The molecule has 2 aliphatic rings. The maximum Gasteiger partial charge on any atom is 0.434 e. The number of hydrogen-bond acceptors (Lipinski definition) is 9. The number of nitrogens with zero attached hydrogens (tertiary/aromatic N) is 8. The molecule has 0 bridgehead atoms. The van der Waals surface area contributed by atoms with E-state index in [-0.39, 0.29) is 6.04 Å². The van der Waals surface area contributed by atoms with E-state index >= 15 is 0 Å². The average molecular weight is 566 g/mol. The van der Waals surface area contributed by atoms with Crippen LogP contribution in [0, 0.1) is 0 Å². The maximum absolute atomic E-state index is 13.4. The fourth-order valence-electron chi connectivity index (χ4n) is 5.34. The van der Waals surface area contributed by atoms with Gasteiger partial charge in [0, 0.05) is 43.4 Å². The molecule has 1 fully saturated rings. The van der Waals surface area contributed by atoms with Crippen molar-refractivity contribution in [2.45, 2.75) is 57.3 Å². The quantitative estimate of drug-likeness (QED) is 0.328. The van der Waals surface area contributed by atoms with Gasteiger partial charge in [-0.2, -0.15) is 18.2 Å². The molecule has 0 spiro atoms. The van der Waals surface area contributed by atoms with Crippen molar-refractivity contribution in [1.29, 1.82) is 0 Å². The Morgan fingerprint density at radius 2 is 1.88 bits per heavy atom.